The molecule has 1 heterocycles. The summed E-state index contributed by atoms with van der Waals surface area (Å²) in [5.41, 5.74) is 6.34. The Balaban J connectivity index is 2.79. The van der Waals surface area contributed by atoms with Crippen LogP contribution in [0.5, 0.6) is 5.75 Å². The highest BCUT2D eigenvalue weighted by Crippen LogP contribution is 2.35. The van der Waals surface area contributed by atoms with Crippen LogP contribution < -0.4 is 10.5 Å². The molecule has 0 unspecified atom stereocenters. The Bertz CT molecular complexity index is 865. The zero-order valence-electron chi connectivity index (χ0n) is 13.4. The van der Waals surface area contributed by atoms with E-state index in [1.54, 1.807) is 24.6 Å². The largest absolute Gasteiger partial charge is 0.480 e. The number of aryl methyl sites for hydroxylation is 1. The van der Waals surface area contributed by atoms with Gasteiger partial charge >= 0.3 is 5.97 Å². The number of carbonyl (C=O) groups is 4. The van der Waals surface area contributed by atoms with E-state index in [0.717, 1.165) is 0 Å². The molecule has 8 heteroatoms. The number of hydrogen-bond acceptors (Lipinski definition) is 6. The number of ketones is 1. The summed E-state index contributed by atoms with van der Waals surface area (Å²) in [6.45, 7) is 1.19. The molecule has 0 aliphatic heterocycles. The predicted molar refractivity (Wildman–Crippen MR) is 84.1 cm³/mol. The minimum atomic E-state index is -1.12. The van der Waals surface area contributed by atoms with Crippen molar-refractivity contribution >= 4 is 34.8 Å². The fraction of sp³-hybridized carbons (Fsp3) is 0.250. The first-order chi connectivity index (χ1) is 11.3. The van der Waals surface area contributed by atoms with Crippen molar-refractivity contribution in [2.45, 2.75) is 6.92 Å². The summed E-state index contributed by atoms with van der Waals surface area (Å²) in [6, 6.07) is 3.12. The number of ether oxygens (including phenoxy) is 2. The van der Waals surface area contributed by atoms with Gasteiger partial charge in [-0.3, -0.25) is 14.4 Å². The molecule has 24 heavy (non-hydrogen) atoms. The number of methoxy groups -OCH3 is 1. The second kappa shape index (κ2) is 6.53. The molecule has 0 bridgehead atoms. The number of benzene rings is 1. The average Bonchev–Trinajstić information content (AvgIpc) is 2.82. The number of hydrogen-bond donors (Lipinski definition) is 1. The van der Waals surface area contributed by atoms with Gasteiger partial charge in [0, 0.05) is 12.7 Å². The number of aldehydes is 1. The maximum absolute atomic E-state index is 12.2. The second-order valence-electron chi connectivity index (χ2n) is 5.07. The lowest BCUT2D eigenvalue weighted by atomic mass is 10.0. The number of rotatable bonds is 6. The van der Waals surface area contributed by atoms with E-state index < -0.39 is 24.3 Å². The predicted octanol–water partition coefficient (Wildman–Crippen LogP) is 0.519. The molecule has 0 spiro atoms. The molecule has 0 radical (unpaired) electrons. The van der Waals surface area contributed by atoms with E-state index >= 15 is 0 Å². The van der Waals surface area contributed by atoms with Crippen LogP contribution in [0.2, 0.25) is 0 Å². The fourth-order valence-electron chi connectivity index (χ4n) is 2.48. The van der Waals surface area contributed by atoms with Crippen molar-refractivity contribution in [2.75, 3.05) is 13.7 Å². The molecule has 0 saturated heterocycles. The Morgan fingerprint density at radius 2 is 1.96 bits per heavy atom. The summed E-state index contributed by atoms with van der Waals surface area (Å²) in [5, 5.41) is 0.257. The Labute approximate surface area is 137 Å². The van der Waals surface area contributed by atoms with Crippen molar-refractivity contribution in [1.82, 2.24) is 4.57 Å². The van der Waals surface area contributed by atoms with E-state index in [0.29, 0.717) is 17.5 Å². The maximum Gasteiger partial charge on any atom is 0.343 e. The minimum absolute atomic E-state index is 0.0289. The number of primary amides is 1. The number of amides is 1. The summed E-state index contributed by atoms with van der Waals surface area (Å²) >= 11 is 0. The van der Waals surface area contributed by atoms with E-state index in [1.807, 2.05) is 0 Å². The zero-order chi connectivity index (χ0) is 18.0. The van der Waals surface area contributed by atoms with Crippen molar-refractivity contribution in [1.29, 1.82) is 0 Å². The number of nitrogens with two attached hydrogens (primary N) is 1. The third-order valence-corrected chi connectivity index (χ3v) is 3.78. The van der Waals surface area contributed by atoms with Gasteiger partial charge in [0.15, 0.2) is 12.9 Å². The van der Waals surface area contributed by atoms with E-state index in [1.165, 1.54) is 13.2 Å². The van der Waals surface area contributed by atoms with Crippen LogP contribution in [-0.2, 0) is 21.4 Å². The molecular weight excluding hydrogens is 316 g/mol. The summed E-state index contributed by atoms with van der Waals surface area (Å²) < 4.78 is 11.6. The van der Waals surface area contributed by atoms with Crippen LogP contribution in [-0.4, -0.2) is 42.2 Å². The normalized spacial score (nSPS) is 10.5. The highest BCUT2D eigenvalue weighted by molar-refractivity contribution is 6.45. The molecule has 1 aromatic heterocycles. The Hall–Kier alpha value is -3.16. The molecule has 0 saturated carbocycles. The van der Waals surface area contributed by atoms with Crippen LogP contribution >= 0.6 is 0 Å². The topological polar surface area (TPSA) is 118 Å². The van der Waals surface area contributed by atoms with Gasteiger partial charge in [-0.05, 0) is 19.1 Å². The van der Waals surface area contributed by atoms with E-state index in [-0.39, 0.29) is 22.3 Å². The lowest BCUT2D eigenvalue weighted by molar-refractivity contribution is -0.142. The molecule has 1 amide bonds. The van der Waals surface area contributed by atoms with E-state index in [2.05, 4.69) is 4.74 Å². The lowest BCUT2D eigenvalue weighted by Gasteiger charge is -2.10. The zero-order valence-corrected chi connectivity index (χ0v) is 13.4. The van der Waals surface area contributed by atoms with Crippen molar-refractivity contribution in [3.8, 4) is 5.75 Å². The minimum Gasteiger partial charge on any atom is -0.480 e. The van der Waals surface area contributed by atoms with Gasteiger partial charge in [0.05, 0.1) is 29.1 Å². The highest BCUT2D eigenvalue weighted by Gasteiger charge is 2.26. The Kier molecular flexibility index (Phi) is 4.68. The molecule has 0 atom stereocenters. The molecule has 126 valence electrons. The third-order valence-electron chi connectivity index (χ3n) is 3.78. The summed E-state index contributed by atoms with van der Waals surface area (Å²) in [7, 11) is 2.89. The SMILES string of the molecule is COC(=O)COc1c(C=O)ccc2c1c(C(=O)C(N)=O)c(C)n2C. The Morgan fingerprint density at radius 1 is 1.29 bits per heavy atom. The van der Waals surface area contributed by atoms with Crippen LogP contribution in [0.25, 0.3) is 10.9 Å². The summed E-state index contributed by atoms with van der Waals surface area (Å²) in [6.07, 6.45) is 0.535. The fourth-order valence-corrected chi connectivity index (χ4v) is 2.48. The van der Waals surface area contributed by atoms with Gasteiger partial charge in [0.25, 0.3) is 11.7 Å². The molecule has 1 aromatic carbocycles. The number of esters is 1. The summed E-state index contributed by atoms with van der Waals surface area (Å²) in [4.78, 5) is 46.2. The number of Topliss-reactive ketones (excluding diaryl/α,β-unsaturated/α-hetero) is 1. The van der Waals surface area contributed by atoms with Crippen molar-refractivity contribution in [2.24, 2.45) is 12.8 Å². The Morgan fingerprint density at radius 3 is 2.50 bits per heavy atom. The van der Waals surface area contributed by atoms with Gasteiger partial charge in [-0.25, -0.2) is 4.79 Å². The number of nitrogens with zero attached hydrogens (tertiary/aromatic N) is 1. The van der Waals surface area contributed by atoms with Gasteiger partial charge in [-0.2, -0.15) is 0 Å². The maximum atomic E-state index is 12.2. The number of carbonyl (C=O) groups excluding carboxylic acids is 4. The van der Waals surface area contributed by atoms with Gasteiger partial charge in [0.1, 0.15) is 5.75 Å². The van der Waals surface area contributed by atoms with Crippen LogP contribution in [0, 0.1) is 6.92 Å². The standard InChI is InChI=1S/C16H16N2O6/c1-8-12(14(21)16(17)22)13-10(18(8)2)5-4-9(6-19)15(13)24-7-11(20)23-3/h4-6H,7H2,1-3H3,(H2,17,22). The quantitative estimate of drug-likeness (QED) is 0.356. The average molecular weight is 332 g/mol. The third kappa shape index (κ3) is 2.73. The monoisotopic (exact) mass is 332 g/mol. The van der Waals surface area contributed by atoms with Crippen LogP contribution in [0.3, 0.4) is 0 Å². The van der Waals surface area contributed by atoms with Crippen molar-refractivity contribution in [3.63, 3.8) is 0 Å². The van der Waals surface area contributed by atoms with Crippen molar-refractivity contribution in [3.05, 3.63) is 29.0 Å². The second-order valence-corrected chi connectivity index (χ2v) is 5.07. The lowest BCUT2D eigenvalue weighted by Crippen LogP contribution is -2.24. The first kappa shape index (κ1) is 17.2. The molecule has 2 rings (SSSR count). The van der Waals surface area contributed by atoms with E-state index in [4.69, 9.17) is 10.5 Å². The van der Waals surface area contributed by atoms with E-state index in [9.17, 15) is 19.2 Å². The molecule has 0 fully saturated rings. The van der Waals surface area contributed by atoms with Gasteiger partial charge in [0.2, 0.25) is 0 Å². The molecule has 0 aliphatic rings. The van der Waals surface area contributed by atoms with Gasteiger partial charge in [-0.1, -0.05) is 0 Å². The number of aromatic nitrogens is 1. The van der Waals surface area contributed by atoms with Gasteiger partial charge < -0.3 is 19.8 Å². The molecular formula is C16H16N2O6. The molecule has 0 aliphatic carbocycles. The highest BCUT2D eigenvalue weighted by atomic mass is 16.6. The first-order valence-electron chi connectivity index (χ1n) is 6.94. The number of fused-ring (bicyclic) bond motifs is 1. The first-order valence-corrected chi connectivity index (χ1v) is 6.94. The van der Waals surface area contributed by atoms with Crippen LogP contribution in [0.4, 0.5) is 0 Å². The smallest absolute Gasteiger partial charge is 0.343 e. The van der Waals surface area contributed by atoms with Crippen LogP contribution in [0.1, 0.15) is 26.4 Å². The van der Waals surface area contributed by atoms with Crippen LogP contribution in [0.15, 0.2) is 12.1 Å². The summed E-state index contributed by atoms with van der Waals surface area (Å²) in [5.74, 6) is -2.65. The molecule has 2 N–H and O–H groups in total. The molecule has 2 aromatic rings. The van der Waals surface area contributed by atoms with Crippen molar-refractivity contribution < 1.29 is 28.7 Å². The van der Waals surface area contributed by atoms with Gasteiger partial charge in [-0.15, -0.1) is 0 Å². The molecule has 8 nitrogen and oxygen atoms in total.